The number of carbonyl (C=O) groups excluding carboxylic acids is 1. The zero-order valence-electron chi connectivity index (χ0n) is 6.76. The van der Waals surface area contributed by atoms with Crippen molar-refractivity contribution < 1.29 is 4.79 Å². The monoisotopic (exact) mass is 154 g/mol. The van der Waals surface area contributed by atoms with E-state index in [0.29, 0.717) is 18.2 Å². The van der Waals surface area contributed by atoms with Gasteiger partial charge in [-0.3, -0.25) is 4.79 Å². The topological polar surface area (TPSA) is 55.1 Å². The predicted molar refractivity (Wildman–Crippen MR) is 42.1 cm³/mol. The average Bonchev–Trinajstić information content (AvgIpc) is 2.60. The predicted octanol–water partition coefficient (Wildman–Crippen LogP) is -0.488. The summed E-state index contributed by atoms with van der Waals surface area (Å²) in [6.07, 6.45) is 1.07. The third-order valence-corrected chi connectivity index (χ3v) is 3.28. The minimum atomic E-state index is -0.0469. The lowest BCUT2D eigenvalue weighted by Crippen LogP contribution is -2.41. The summed E-state index contributed by atoms with van der Waals surface area (Å²) >= 11 is 0. The molecule has 3 heteroatoms. The molecule has 3 unspecified atom stereocenters. The maximum atomic E-state index is 11.3. The molecule has 1 saturated heterocycles. The molecule has 0 aromatic carbocycles. The van der Waals surface area contributed by atoms with Crippen LogP contribution in [-0.4, -0.2) is 24.9 Å². The molecule has 0 bridgehead atoms. The van der Waals surface area contributed by atoms with Gasteiger partial charge in [0.1, 0.15) is 5.78 Å². The van der Waals surface area contributed by atoms with Gasteiger partial charge < -0.3 is 11.1 Å². The van der Waals surface area contributed by atoms with Gasteiger partial charge in [-0.05, 0) is 25.8 Å². The Morgan fingerprint density at radius 3 is 2.91 bits per heavy atom. The van der Waals surface area contributed by atoms with Crippen LogP contribution in [0.15, 0.2) is 0 Å². The second-order valence-corrected chi connectivity index (χ2v) is 3.69. The van der Waals surface area contributed by atoms with Gasteiger partial charge in [-0.15, -0.1) is 0 Å². The van der Waals surface area contributed by atoms with Crippen molar-refractivity contribution in [3.8, 4) is 0 Å². The van der Waals surface area contributed by atoms with E-state index in [2.05, 4.69) is 5.32 Å². The second-order valence-electron chi connectivity index (χ2n) is 3.69. The highest BCUT2D eigenvalue weighted by molar-refractivity contribution is 5.87. The molecular weight excluding hydrogens is 140 g/mol. The quantitative estimate of drug-likeness (QED) is 0.564. The van der Waals surface area contributed by atoms with E-state index in [-0.39, 0.29) is 11.5 Å². The van der Waals surface area contributed by atoms with Crippen molar-refractivity contribution in [3.63, 3.8) is 0 Å². The van der Waals surface area contributed by atoms with Gasteiger partial charge >= 0.3 is 0 Å². The van der Waals surface area contributed by atoms with Crippen LogP contribution in [0, 0.1) is 11.3 Å². The van der Waals surface area contributed by atoms with Gasteiger partial charge in [0.05, 0.1) is 0 Å². The number of piperidine rings is 1. The van der Waals surface area contributed by atoms with Gasteiger partial charge in [0.15, 0.2) is 0 Å². The largest absolute Gasteiger partial charge is 0.329 e. The maximum Gasteiger partial charge on any atom is 0.137 e. The van der Waals surface area contributed by atoms with Gasteiger partial charge in [0.25, 0.3) is 0 Å². The molecule has 2 fully saturated rings. The van der Waals surface area contributed by atoms with Crippen LogP contribution in [0.3, 0.4) is 0 Å². The SMILES string of the molecule is CC(=O)C12CC1CNC2CN. The Bertz CT molecular complexity index is 204. The van der Waals surface area contributed by atoms with E-state index in [1.54, 1.807) is 6.92 Å². The lowest BCUT2D eigenvalue weighted by molar-refractivity contribution is -0.122. The normalized spacial score (nSPS) is 47.1. The van der Waals surface area contributed by atoms with Crippen LogP contribution in [-0.2, 0) is 4.79 Å². The van der Waals surface area contributed by atoms with E-state index in [4.69, 9.17) is 5.73 Å². The Balaban J connectivity index is 2.20. The van der Waals surface area contributed by atoms with Crippen LogP contribution in [0.1, 0.15) is 13.3 Å². The molecule has 0 aromatic rings. The Labute approximate surface area is 66.3 Å². The molecule has 3 atom stereocenters. The number of hydrogen-bond donors (Lipinski definition) is 2. The Hall–Kier alpha value is -0.410. The zero-order chi connectivity index (χ0) is 8.06. The Kier molecular flexibility index (Phi) is 1.35. The summed E-state index contributed by atoms with van der Waals surface area (Å²) < 4.78 is 0. The molecule has 0 aromatic heterocycles. The van der Waals surface area contributed by atoms with E-state index < -0.39 is 0 Å². The molecule has 0 radical (unpaired) electrons. The summed E-state index contributed by atoms with van der Waals surface area (Å²) in [6.45, 7) is 3.27. The van der Waals surface area contributed by atoms with Crippen LogP contribution >= 0.6 is 0 Å². The molecule has 1 aliphatic carbocycles. The van der Waals surface area contributed by atoms with Crippen LogP contribution in [0.2, 0.25) is 0 Å². The maximum absolute atomic E-state index is 11.3. The zero-order valence-corrected chi connectivity index (χ0v) is 6.76. The van der Waals surface area contributed by atoms with Gasteiger partial charge in [0, 0.05) is 18.0 Å². The smallest absolute Gasteiger partial charge is 0.137 e. The van der Waals surface area contributed by atoms with Crippen molar-refractivity contribution in [2.75, 3.05) is 13.1 Å². The average molecular weight is 154 g/mol. The van der Waals surface area contributed by atoms with Crippen molar-refractivity contribution in [3.05, 3.63) is 0 Å². The molecule has 1 heterocycles. The molecule has 2 rings (SSSR count). The van der Waals surface area contributed by atoms with Gasteiger partial charge in [-0.25, -0.2) is 0 Å². The molecule has 62 valence electrons. The number of hydrogen-bond acceptors (Lipinski definition) is 3. The summed E-state index contributed by atoms with van der Waals surface area (Å²) in [5.41, 5.74) is 5.51. The van der Waals surface area contributed by atoms with Gasteiger partial charge in [-0.1, -0.05) is 0 Å². The number of Topliss-reactive ketones (excluding diaryl/α,β-unsaturated/α-hetero) is 1. The second kappa shape index (κ2) is 2.05. The summed E-state index contributed by atoms with van der Waals surface area (Å²) in [6, 6.07) is 0.255. The highest BCUT2D eigenvalue weighted by Crippen LogP contribution is 2.58. The fourth-order valence-electron chi connectivity index (χ4n) is 2.47. The van der Waals surface area contributed by atoms with Crippen molar-refractivity contribution >= 4 is 5.78 Å². The number of nitrogens with two attached hydrogens (primary N) is 1. The lowest BCUT2D eigenvalue weighted by Gasteiger charge is -2.18. The molecule has 1 aliphatic heterocycles. The summed E-state index contributed by atoms with van der Waals surface area (Å²) in [5, 5.41) is 3.28. The fourth-order valence-corrected chi connectivity index (χ4v) is 2.47. The van der Waals surface area contributed by atoms with E-state index >= 15 is 0 Å². The molecule has 1 saturated carbocycles. The third-order valence-electron chi connectivity index (χ3n) is 3.28. The van der Waals surface area contributed by atoms with Crippen LogP contribution < -0.4 is 11.1 Å². The summed E-state index contributed by atoms with van der Waals surface area (Å²) in [4.78, 5) is 11.3. The van der Waals surface area contributed by atoms with Crippen molar-refractivity contribution in [2.45, 2.75) is 19.4 Å². The highest BCUT2D eigenvalue weighted by atomic mass is 16.1. The Morgan fingerprint density at radius 2 is 2.55 bits per heavy atom. The number of rotatable bonds is 2. The van der Waals surface area contributed by atoms with Crippen molar-refractivity contribution in [2.24, 2.45) is 17.1 Å². The summed E-state index contributed by atoms with van der Waals surface area (Å²) in [5.74, 6) is 0.913. The van der Waals surface area contributed by atoms with Crippen molar-refractivity contribution in [1.82, 2.24) is 5.32 Å². The van der Waals surface area contributed by atoms with E-state index in [0.717, 1.165) is 13.0 Å². The fraction of sp³-hybridized carbons (Fsp3) is 0.875. The first kappa shape index (κ1) is 7.25. The first-order valence-corrected chi connectivity index (χ1v) is 4.16. The highest BCUT2D eigenvalue weighted by Gasteiger charge is 2.65. The molecule has 3 N–H and O–H groups in total. The number of fused-ring (bicyclic) bond motifs is 1. The first-order chi connectivity index (χ1) is 5.21. The Morgan fingerprint density at radius 1 is 1.82 bits per heavy atom. The van der Waals surface area contributed by atoms with Crippen LogP contribution in [0.25, 0.3) is 0 Å². The van der Waals surface area contributed by atoms with Crippen LogP contribution in [0.4, 0.5) is 0 Å². The molecule has 3 nitrogen and oxygen atoms in total. The molecule has 11 heavy (non-hydrogen) atoms. The molecule has 2 aliphatic rings. The lowest BCUT2D eigenvalue weighted by atomic mass is 9.92. The van der Waals surface area contributed by atoms with E-state index in [1.165, 1.54) is 0 Å². The van der Waals surface area contributed by atoms with E-state index in [9.17, 15) is 4.79 Å². The number of carbonyl (C=O) groups is 1. The molecular formula is C8H14N2O. The van der Waals surface area contributed by atoms with Gasteiger partial charge in [-0.2, -0.15) is 0 Å². The van der Waals surface area contributed by atoms with E-state index in [1.807, 2.05) is 0 Å². The van der Waals surface area contributed by atoms with Crippen LogP contribution in [0.5, 0.6) is 0 Å². The number of nitrogens with one attached hydrogen (secondary N) is 1. The van der Waals surface area contributed by atoms with Gasteiger partial charge in [0.2, 0.25) is 0 Å². The first-order valence-electron chi connectivity index (χ1n) is 4.16. The third kappa shape index (κ3) is 0.726. The minimum absolute atomic E-state index is 0.0469. The number of ketones is 1. The molecule has 0 amide bonds. The standard InChI is InChI=1S/C8H14N2O/c1-5(11)8-2-6(8)4-10-7(8)3-9/h6-7,10H,2-4,9H2,1H3. The minimum Gasteiger partial charge on any atom is -0.329 e. The molecule has 0 spiro atoms. The van der Waals surface area contributed by atoms with Crippen molar-refractivity contribution in [1.29, 1.82) is 0 Å². The summed E-state index contributed by atoms with van der Waals surface area (Å²) in [7, 11) is 0.